The van der Waals surface area contributed by atoms with Crippen LogP contribution in [-0.4, -0.2) is 25.6 Å². The molecular weight excluding hydrogens is 389 g/mol. The molecule has 0 aliphatic heterocycles. The molecule has 132 valence electrons. The minimum absolute atomic E-state index is 0.249. The van der Waals surface area contributed by atoms with Crippen molar-refractivity contribution in [2.24, 2.45) is 0 Å². The van der Waals surface area contributed by atoms with Crippen molar-refractivity contribution in [3.8, 4) is 5.75 Å². The van der Waals surface area contributed by atoms with Gasteiger partial charge in [-0.05, 0) is 24.3 Å². The number of carbonyl (C=O) groups excluding carboxylic acids is 2. The molecule has 0 radical (unpaired) electrons. The van der Waals surface area contributed by atoms with Crippen molar-refractivity contribution in [3.05, 3.63) is 51.5 Å². The fourth-order valence-corrected chi connectivity index (χ4v) is 2.41. The second-order valence-corrected chi connectivity index (χ2v) is 6.04. The van der Waals surface area contributed by atoms with Gasteiger partial charge in [-0.2, -0.15) is 0 Å². The minimum atomic E-state index is -0.403. The van der Waals surface area contributed by atoms with Gasteiger partial charge in [0.2, 0.25) is 0 Å². The summed E-state index contributed by atoms with van der Waals surface area (Å²) in [4.78, 5) is 23.3. The maximum atomic E-state index is 12.0. The van der Waals surface area contributed by atoms with E-state index in [1.165, 1.54) is 19.2 Å². The Labute approximate surface area is 159 Å². The molecule has 0 aliphatic carbocycles. The van der Waals surface area contributed by atoms with E-state index in [0.29, 0.717) is 16.4 Å². The zero-order chi connectivity index (χ0) is 18.4. The molecule has 2 aromatic rings. The summed E-state index contributed by atoms with van der Waals surface area (Å²) in [6.45, 7) is -0.273. The van der Waals surface area contributed by atoms with Gasteiger partial charge >= 0.3 is 6.03 Å². The lowest BCUT2D eigenvalue weighted by molar-refractivity contribution is -0.118. The molecule has 0 saturated heterocycles. The lowest BCUT2D eigenvalue weighted by atomic mass is 10.2. The number of nitrogens with one attached hydrogen (secondary N) is 3. The average Bonchev–Trinajstić information content (AvgIpc) is 2.57. The molecule has 3 amide bonds. The highest BCUT2D eigenvalue weighted by Crippen LogP contribution is 2.33. The third kappa shape index (κ3) is 5.70. The monoisotopic (exact) mass is 401 g/mol. The summed E-state index contributed by atoms with van der Waals surface area (Å²) >= 11 is 17.7. The zero-order valence-corrected chi connectivity index (χ0v) is 15.3. The van der Waals surface area contributed by atoms with Crippen molar-refractivity contribution in [1.82, 2.24) is 5.32 Å². The fraction of sp³-hybridized carbons (Fsp3) is 0.125. The molecule has 0 aliphatic rings. The smallest absolute Gasteiger partial charge is 0.318 e. The van der Waals surface area contributed by atoms with Crippen molar-refractivity contribution >= 4 is 58.1 Å². The third-order valence-corrected chi connectivity index (χ3v) is 3.98. The Bertz CT molecular complexity index is 799. The maximum Gasteiger partial charge on any atom is 0.318 e. The van der Waals surface area contributed by atoms with Gasteiger partial charge in [-0.3, -0.25) is 4.79 Å². The number of amides is 3. The van der Waals surface area contributed by atoms with E-state index in [-0.39, 0.29) is 28.4 Å². The normalized spacial score (nSPS) is 10.1. The van der Waals surface area contributed by atoms with E-state index in [2.05, 4.69) is 16.0 Å². The van der Waals surface area contributed by atoms with Crippen LogP contribution in [0.3, 0.4) is 0 Å². The molecular formula is C16H14Cl3N3O3. The van der Waals surface area contributed by atoms with Crippen LogP contribution in [0.4, 0.5) is 16.2 Å². The SMILES string of the molecule is CNC(=O)Nc1cccc(NC(=O)COc2cc(Cl)c(Cl)cc2Cl)c1. The number of rotatable bonds is 5. The standard InChI is InChI=1S/C16H14Cl3N3O3/c1-20-16(24)22-10-4-2-3-9(5-10)21-15(23)8-25-14-7-12(18)11(17)6-13(14)19/h2-7H,8H2,1H3,(H,21,23)(H2,20,22,24). The molecule has 0 aromatic heterocycles. The van der Waals surface area contributed by atoms with Crippen LogP contribution >= 0.6 is 34.8 Å². The number of halogens is 3. The molecule has 25 heavy (non-hydrogen) atoms. The van der Waals surface area contributed by atoms with E-state index in [1.54, 1.807) is 24.3 Å². The summed E-state index contributed by atoms with van der Waals surface area (Å²) < 4.78 is 5.35. The Morgan fingerprint density at radius 1 is 0.960 bits per heavy atom. The Balaban J connectivity index is 1.95. The Hall–Kier alpha value is -2.15. The van der Waals surface area contributed by atoms with Crippen molar-refractivity contribution in [1.29, 1.82) is 0 Å². The first-order valence-corrected chi connectivity index (χ1v) is 8.18. The lowest BCUT2D eigenvalue weighted by Crippen LogP contribution is -2.24. The van der Waals surface area contributed by atoms with Gasteiger partial charge in [0.15, 0.2) is 6.61 Å². The molecule has 2 aromatic carbocycles. The lowest BCUT2D eigenvalue weighted by Gasteiger charge is -2.11. The first-order chi connectivity index (χ1) is 11.9. The predicted octanol–water partition coefficient (Wildman–Crippen LogP) is 4.42. The Kier molecular flexibility index (Phi) is 6.75. The maximum absolute atomic E-state index is 12.0. The summed E-state index contributed by atoms with van der Waals surface area (Å²) in [5.74, 6) is -0.152. The van der Waals surface area contributed by atoms with E-state index in [9.17, 15) is 9.59 Å². The van der Waals surface area contributed by atoms with Crippen LogP contribution in [-0.2, 0) is 4.79 Å². The first kappa shape index (κ1) is 19.2. The van der Waals surface area contributed by atoms with Crippen LogP contribution < -0.4 is 20.7 Å². The summed E-state index contributed by atoms with van der Waals surface area (Å²) in [7, 11) is 1.51. The minimum Gasteiger partial charge on any atom is -0.482 e. The van der Waals surface area contributed by atoms with Crippen molar-refractivity contribution in [2.45, 2.75) is 0 Å². The summed E-state index contributed by atoms with van der Waals surface area (Å²) in [5, 5.41) is 8.51. The van der Waals surface area contributed by atoms with Gasteiger partial charge in [-0.25, -0.2) is 4.79 Å². The van der Waals surface area contributed by atoms with Crippen LogP contribution in [0.5, 0.6) is 5.75 Å². The van der Waals surface area contributed by atoms with Gasteiger partial charge in [0.1, 0.15) is 5.75 Å². The molecule has 3 N–H and O–H groups in total. The average molecular weight is 403 g/mol. The zero-order valence-electron chi connectivity index (χ0n) is 13.0. The van der Waals surface area contributed by atoms with E-state index in [4.69, 9.17) is 39.5 Å². The molecule has 0 heterocycles. The number of anilines is 2. The summed E-state index contributed by atoms with van der Waals surface area (Å²) in [6.07, 6.45) is 0. The summed E-state index contributed by atoms with van der Waals surface area (Å²) in [6, 6.07) is 9.19. The molecule has 2 rings (SSSR count). The molecule has 6 nitrogen and oxygen atoms in total. The largest absolute Gasteiger partial charge is 0.482 e. The topological polar surface area (TPSA) is 79.5 Å². The number of ether oxygens (including phenoxy) is 1. The first-order valence-electron chi connectivity index (χ1n) is 7.05. The molecule has 0 fully saturated rings. The number of hydrogen-bond donors (Lipinski definition) is 3. The van der Waals surface area contributed by atoms with Gasteiger partial charge in [-0.1, -0.05) is 40.9 Å². The summed E-state index contributed by atoms with van der Waals surface area (Å²) in [5.41, 5.74) is 1.04. The molecule has 0 saturated carbocycles. The van der Waals surface area contributed by atoms with Crippen molar-refractivity contribution in [3.63, 3.8) is 0 Å². The second kappa shape index (κ2) is 8.80. The van der Waals surface area contributed by atoms with Crippen LogP contribution in [0.2, 0.25) is 15.1 Å². The molecule has 0 bridgehead atoms. The Morgan fingerprint density at radius 3 is 2.28 bits per heavy atom. The van der Waals surface area contributed by atoms with E-state index >= 15 is 0 Å². The van der Waals surface area contributed by atoms with E-state index in [1.807, 2.05) is 0 Å². The number of hydrogen-bond acceptors (Lipinski definition) is 3. The van der Waals surface area contributed by atoms with Crippen LogP contribution in [0, 0.1) is 0 Å². The molecule has 9 heteroatoms. The van der Waals surface area contributed by atoms with Gasteiger partial charge in [0.25, 0.3) is 5.91 Å². The predicted molar refractivity (Wildman–Crippen MR) is 100 cm³/mol. The molecule has 0 atom stereocenters. The third-order valence-electron chi connectivity index (χ3n) is 2.96. The highest BCUT2D eigenvalue weighted by Gasteiger charge is 2.10. The molecule has 0 unspecified atom stereocenters. The van der Waals surface area contributed by atoms with E-state index < -0.39 is 5.91 Å². The van der Waals surface area contributed by atoms with Crippen LogP contribution in [0.25, 0.3) is 0 Å². The second-order valence-electron chi connectivity index (χ2n) is 4.82. The van der Waals surface area contributed by atoms with Gasteiger partial charge < -0.3 is 20.7 Å². The quantitative estimate of drug-likeness (QED) is 0.648. The highest BCUT2D eigenvalue weighted by atomic mass is 35.5. The molecule has 0 spiro atoms. The van der Waals surface area contributed by atoms with Gasteiger partial charge in [0.05, 0.1) is 15.1 Å². The number of urea groups is 1. The highest BCUT2D eigenvalue weighted by molar-refractivity contribution is 6.43. The van der Waals surface area contributed by atoms with Gasteiger partial charge in [-0.15, -0.1) is 0 Å². The van der Waals surface area contributed by atoms with Gasteiger partial charge in [0, 0.05) is 24.5 Å². The Morgan fingerprint density at radius 2 is 1.60 bits per heavy atom. The fourth-order valence-electron chi connectivity index (χ4n) is 1.82. The van der Waals surface area contributed by atoms with Crippen LogP contribution in [0.1, 0.15) is 0 Å². The van der Waals surface area contributed by atoms with Crippen molar-refractivity contribution < 1.29 is 14.3 Å². The van der Waals surface area contributed by atoms with Crippen molar-refractivity contribution in [2.75, 3.05) is 24.3 Å². The van der Waals surface area contributed by atoms with Crippen LogP contribution in [0.15, 0.2) is 36.4 Å². The number of carbonyl (C=O) groups is 2. The van der Waals surface area contributed by atoms with E-state index in [0.717, 1.165) is 0 Å². The number of benzene rings is 2.